The summed E-state index contributed by atoms with van der Waals surface area (Å²) in [6.07, 6.45) is 2.70. The molecule has 148 valence electrons. The summed E-state index contributed by atoms with van der Waals surface area (Å²) in [5, 5.41) is 2.41. The molecule has 6 nitrogen and oxygen atoms in total. The molecule has 1 heterocycles. The normalized spacial score (nSPS) is 15.6. The maximum atomic E-state index is 13.1. The van der Waals surface area contributed by atoms with Crippen molar-refractivity contribution >= 4 is 27.7 Å². The average molecular weight is 408 g/mol. The van der Waals surface area contributed by atoms with E-state index in [0.717, 1.165) is 12.1 Å². The van der Waals surface area contributed by atoms with Gasteiger partial charge in [-0.3, -0.25) is 4.79 Å². The zero-order valence-electron chi connectivity index (χ0n) is 14.8. The van der Waals surface area contributed by atoms with Crippen LogP contribution in [0.2, 0.25) is 0 Å². The lowest BCUT2D eigenvalue weighted by molar-refractivity contribution is -0.111. The van der Waals surface area contributed by atoms with Crippen molar-refractivity contribution in [3.8, 4) is 0 Å². The Morgan fingerprint density at radius 1 is 1.04 bits per heavy atom. The van der Waals surface area contributed by atoms with Crippen molar-refractivity contribution in [3.05, 3.63) is 65.7 Å². The van der Waals surface area contributed by atoms with E-state index in [-0.39, 0.29) is 10.6 Å². The van der Waals surface area contributed by atoms with Gasteiger partial charge in [0.15, 0.2) is 11.6 Å². The second-order valence-corrected chi connectivity index (χ2v) is 7.97. The number of carbonyl (C=O) groups excluding carboxylic acids is 1. The minimum absolute atomic E-state index is 0.125. The molecule has 1 aliphatic rings. The highest BCUT2D eigenvalue weighted by Gasteiger charge is 2.25. The van der Waals surface area contributed by atoms with E-state index < -0.39 is 27.6 Å². The molecule has 0 bridgehead atoms. The van der Waals surface area contributed by atoms with Crippen LogP contribution in [0.4, 0.5) is 14.5 Å². The molecule has 9 heteroatoms. The molecular formula is C19H18F2N2O4S. The fraction of sp³-hybridized carbons (Fsp3) is 0.211. The molecule has 1 amide bonds. The molecule has 3 rings (SSSR count). The summed E-state index contributed by atoms with van der Waals surface area (Å²) in [5.41, 5.74) is 0.738. The number of hydrogen-bond acceptors (Lipinski definition) is 4. The highest BCUT2D eigenvalue weighted by molar-refractivity contribution is 7.89. The standard InChI is InChI=1S/C19H18F2N2O4S/c20-17-7-4-15(13-18(17)21)22-19(24)8-3-14-1-5-16(6-2-14)28(25,26)23-9-11-27-12-10-23/h1-8,13H,9-12H2,(H,22,24)/b8-3+. The zero-order chi connectivity index (χ0) is 20.1. The minimum atomic E-state index is -3.57. The van der Waals surface area contributed by atoms with Gasteiger partial charge in [-0.05, 0) is 35.9 Å². The summed E-state index contributed by atoms with van der Waals surface area (Å²) in [6, 6.07) is 9.14. The van der Waals surface area contributed by atoms with Crippen LogP contribution in [0.5, 0.6) is 0 Å². The summed E-state index contributed by atoms with van der Waals surface area (Å²) >= 11 is 0. The van der Waals surface area contributed by atoms with Crippen LogP contribution < -0.4 is 5.32 Å². The van der Waals surface area contributed by atoms with Crippen LogP contribution in [0.1, 0.15) is 5.56 Å². The molecule has 2 aromatic carbocycles. The topological polar surface area (TPSA) is 75.7 Å². The molecule has 1 saturated heterocycles. The number of benzene rings is 2. The Kier molecular flexibility index (Phi) is 6.18. The largest absolute Gasteiger partial charge is 0.379 e. The van der Waals surface area contributed by atoms with Crippen LogP contribution in [0.25, 0.3) is 6.08 Å². The van der Waals surface area contributed by atoms with Gasteiger partial charge in [-0.15, -0.1) is 0 Å². The number of anilines is 1. The molecule has 0 unspecified atom stereocenters. The lowest BCUT2D eigenvalue weighted by Crippen LogP contribution is -2.40. The summed E-state index contributed by atoms with van der Waals surface area (Å²) in [7, 11) is -3.57. The van der Waals surface area contributed by atoms with E-state index in [4.69, 9.17) is 4.74 Å². The van der Waals surface area contributed by atoms with Gasteiger partial charge >= 0.3 is 0 Å². The summed E-state index contributed by atoms with van der Waals surface area (Å²) in [4.78, 5) is 12.1. The number of carbonyl (C=O) groups is 1. The van der Waals surface area contributed by atoms with Crippen molar-refractivity contribution in [2.45, 2.75) is 4.90 Å². The monoisotopic (exact) mass is 408 g/mol. The Bertz CT molecular complexity index is 985. The van der Waals surface area contributed by atoms with Crippen LogP contribution in [-0.4, -0.2) is 44.9 Å². The molecule has 0 saturated carbocycles. The summed E-state index contributed by atoms with van der Waals surface area (Å²) in [6.45, 7) is 1.36. The zero-order valence-corrected chi connectivity index (χ0v) is 15.6. The van der Waals surface area contributed by atoms with E-state index in [1.807, 2.05) is 0 Å². The van der Waals surface area contributed by atoms with E-state index in [0.29, 0.717) is 31.9 Å². The molecule has 0 aliphatic carbocycles. The van der Waals surface area contributed by atoms with Crippen molar-refractivity contribution in [1.82, 2.24) is 4.31 Å². The average Bonchev–Trinajstić information content (AvgIpc) is 2.70. The van der Waals surface area contributed by atoms with Crippen molar-refractivity contribution in [1.29, 1.82) is 0 Å². The maximum Gasteiger partial charge on any atom is 0.248 e. The first-order chi connectivity index (χ1) is 13.4. The number of nitrogens with one attached hydrogen (secondary N) is 1. The Balaban J connectivity index is 1.64. The van der Waals surface area contributed by atoms with Gasteiger partial charge in [0, 0.05) is 30.9 Å². The van der Waals surface area contributed by atoms with Gasteiger partial charge in [0.2, 0.25) is 15.9 Å². The lowest BCUT2D eigenvalue weighted by atomic mass is 10.2. The van der Waals surface area contributed by atoms with Gasteiger partial charge in [0.25, 0.3) is 0 Å². The first-order valence-electron chi connectivity index (χ1n) is 8.48. The van der Waals surface area contributed by atoms with Crippen molar-refractivity contribution in [2.75, 3.05) is 31.6 Å². The highest BCUT2D eigenvalue weighted by atomic mass is 32.2. The number of rotatable bonds is 5. The van der Waals surface area contributed by atoms with Crippen LogP contribution in [0, 0.1) is 11.6 Å². The van der Waals surface area contributed by atoms with Gasteiger partial charge in [-0.1, -0.05) is 12.1 Å². The highest BCUT2D eigenvalue weighted by Crippen LogP contribution is 2.18. The third kappa shape index (κ3) is 4.80. The molecule has 0 atom stereocenters. The predicted octanol–water partition coefficient (Wildman–Crippen LogP) is 2.64. The Labute approximate surface area is 161 Å². The number of ether oxygens (including phenoxy) is 1. The number of hydrogen-bond donors (Lipinski definition) is 1. The van der Waals surface area contributed by atoms with Crippen LogP contribution in [0.15, 0.2) is 53.4 Å². The predicted molar refractivity (Wildman–Crippen MR) is 100 cm³/mol. The smallest absolute Gasteiger partial charge is 0.248 e. The maximum absolute atomic E-state index is 13.1. The van der Waals surface area contributed by atoms with E-state index in [1.54, 1.807) is 12.1 Å². The fourth-order valence-corrected chi connectivity index (χ4v) is 4.02. The van der Waals surface area contributed by atoms with Gasteiger partial charge < -0.3 is 10.1 Å². The minimum Gasteiger partial charge on any atom is -0.379 e. The molecule has 0 radical (unpaired) electrons. The number of sulfonamides is 1. The SMILES string of the molecule is O=C(/C=C/c1ccc(S(=O)(=O)N2CCOCC2)cc1)Nc1ccc(F)c(F)c1. The van der Waals surface area contributed by atoms with E-state index in [1.165, 1.54) is 34.7 Å². The van der Waals surface area contributed by atoms with Gasteiger partial charge in [0.1, 0.15) is 0 Å². The fourth-order valence-electron chi connectivity index (χ4n) is 2.62. The van der Waals surface area contributed by atoms with Crippen molar-refractivity contribution in [3.63, 3.8) is 0 Å². The van der Waals surface area contributed by atoms with Gasteiger partial charge in [-0.25, -0.2) is 17.2 Å². The summed E-state index contributed by atoms with van der Waals surface area (Å²) in [5.74, 6) is -2.59. The Morgan fingerprint density at radius 2 is 1.71 bits per heavy atom. The van der Waals surface area contributed by atoms with E-state index in [9.17, 15) is 22.0 Å². The van der Waals surface area contributed by atoms with E-state index in [2.05, 4.69) is 5.32 Å². The molecule has 1 fully saturated rings. The lowest BCUT2D eigenvalue weighted by Gasteiger charge is -2.26. The molecular weight excluding hydrogens is 390 g/mol. The quantitative estimate of drug-likeness (QED) is 0.772. The number of halogens is 2. The number of morpholine rings is 1. The van der Waals surface area contributed by atoms with Gasteiger partial charge in [-0.2, -0.15) is 4.31 Å². The first kappa shape index (κ1) is 20.1. The molecule has 28 heavy (non-hydrogen) atoms. The molecule has 1 aliphatic heterocycles. The number of amides is 1. The van der Waals surface area contributed by atoms with Crippen molar-refractivity contribution < 1.29 is 26.7 Å². The number of nitrogens with zero attached hydrogens (tertiary/aromatic N) is 1. The third-order valence-electron chi connectivity index (χ3n) is 4.10. The van der Waals surface area contributed by atoms with Crippen LogP contribution in [-0.2, 0) is 19.6 Å². The second-order valence-electron chi connectivity index (χ2n) is 6.04. The van der Waals surface area contributed by atoms with Crippen molar-refractivity contribution in [2.24, 2.45) is 0 Å². The summed E-state index contributed by atoms with van der Waals surface area (Å²) < 4.78 is 57.7. The van der Waals surface area contributed by atoms with Gasteiger partial charge in [0.05, 0.1) is 18.1 Å². The Morgan fingerprint density at radius 3 is 2.36 bits per heavy atom. The third-order valence-corrected chi connectivity index (χ3v) is 6.02. The Hall–Kier alpha value is -2.62. The van der Waals surface area contributed by atoms with Crippen LogP contribution >= 0.6 is 0 Å². The molecule has 1 N–H and O–H groups in total. The molecule has 0 spiro atoms. The molecule has 0 aromatic heterocycles. The molecule has 2 aromatic rings. The second kappa shape index (κ2) is 8.59. The van der Waals surface area contributed by atoms with E-state index >= 15 is 0 Å². The first-order valence-corrected chi connectivity index (χ1v) is 9.92. The van der Waals surface area contributed by atoms with Crippen LogP contribution in [0.3, 0.4) is 0 Å².